The fraction of sp³-hybridized carbons (Fsp3) is 0.222. The Labute approximate surface area is 105 Å². The Morgan fingerprint density at radius 1 is 1.47 bits per heavy atom. The molecule has 0 aliphatic rings. The van der Waals surface area contributed by atoms with E-state index in [-0.39, 0.29) is 5.91 Å². The van der Waals surface area contributed by atoms with Gasteiger partial charge in [-0.05, 0) is 35.0 Å². The van der Waals surface area contributed by atoms with Crippen LogP contribution in [0.3, 0.4) is 0 Å². The number of amides is 1. The number of hydrogen-bond acceptors (Lipinski definition) is 3. The zero-order valence-electron chi connectivity index (χ0n) is 8.13. The first-order valence-corrected chi connectivity index (χ1v) is 5.87. The summed E-state index contributed by atoms with van der Waals surface area (Å²) in [5, 5.41) is 1.12. The number of carbonyl (C=O) groups excluding carboxylic acids is 1. The van der Waals surface area contributed by atoms with Gasteiger partial charge in [0.2, 0.25) is 0 Å². The smallest absolute Gasteiger partial charge is 0.269 e. The molecular formula is C9H11Br2N3O. The van der Waals surface area contributed by atoms with Gasteiger partial charge >= 0.3 is 0 Å². The summed E-state index contributed by atoms with van der Waals surface area (Å²) in [4.78, 5) is 11.8. The molecule has 0 aromatic heterocycles. The molecule has 0 atom stereocenters. The third-order valence-corrected chi connectivity index (χ3v) is 3.04. The molecule has 4 nitrogen and oxygen atoms in total. The molecule has 0 saturated carbocycles. The summed E-state index contributed by atoms with van der Waals surface area (Å²) in [7, 11) is 0. The third kappa shape index (κ3) is 2.70. The van der Waals surface area contributed by atoms with Gasteiger partial charge in [0.05, 0.1) is 11.3 Å². The number of benzene rings is 1. The van der Waals surface area contributed by atoms with Crippen molar-refractivity contribution in [1.29, 1.82) is 0 Å². The zero-order valence-corrected chi connectivity index (χ0v) is 11.3. The van der Waals surface area contributed by atoms with Crippen molar-refractivity contribution in [2.75, 3.05) is 12.3 Å². The quantitative estimate of drug-likeness (QED) is 0.376. The largest absolute Gasteiger partial charge is 0.397 e. The fourth-order valence-electron chi connectivity index (χ4n) is 1.06. The number of nitrogens with two attached hydrogens (primary N) is 2. The molecule has 0 aliphatic carbocycles. The Kier molecular flexibility index (Phi) is 4.12. The van der Waals surface area contributed by atoms with Gasteiger partial charge < -0.3 is 5.73 Å². The van der Waals surface area contributed by atoms with Gasteiger partial charge in [0.25, 0.3) is 5.91 Å². The van der Waals surface area contributed by atoms with Gasteiger partial charge in [0, 0.05) is 15.5 Å². The van der Waals surface area contributed by atoms with E-state index in [0.717, 1.165) is 9.48 Å². The molecule has 1 amide bonds. The van der Waals surface area contributed by atoms with E-state index in [0.29, 0.717) is 22.3 Å². The fourth-order valence-corrected chi connectivity index (χ4v) is 2.29. The highest BCUT2D eigenvalue weighted by Crippen LogP contribution is 2.28. The van der Waals surface area contributed by atoms with Crippen molar-refractivity contribution in [1.82, 2.24) is 5.01 Å². The predicted octanol–water partition coefficient (Wildman–Crippen LogP) is 2.13. The van der Waals surface area contributed by atoms with Gasteiger partial charge in [-0.15, -0.1) is 0 Å². The Morgan fingerprint density at radius 3 is 2.60 bits per heavy atom. The normalized spacial score (nSPS) is 10.1. The Hall–Kier alpha value is -0.590. The summed E-state index contributed by atoms with van der Waals surface area (Å²) in [6.45, 7) is 2.23. The first kappa shape index (κ1) is 12.5. The predicted molar refractivity (Wildman–Crippen MR) is 67.2 cm³/mol. The molecule has 6 heteroatoms. The molecule has 15 heavy (non-hydrogen) atoms. The van der Waals surface area contributed by atoms with Crippen LogP contribution >= 0.6 is 31.9 Å². The lowest BCUT2D eigenvalue weighted by Crippen LogP contribution is -2.37. The highest BCUT2D eigenvalue weighted by Gasteiger charge is 2.16. The van der Waals surface area contributed by atoms with E-state index < -0.39 is 0 Å². The van der Waals surface area contributed by atoms with Crippen molar-refractivity contribution in [3.05, 3.63) is 26.6 Å². The molecule has 0 aliphatic heterocycles. The van der Waals surface area contributed by atoms with Crippen LogP contribution in [0.4, 0.5) is 5.69 Å². The molecule has 0 unspecified atom stereocenters. The summed E-state index contributed by atoms with van der Waals surface area (Å²) >= 11 is 6.56. The number of nitrogens with zero attached hydrogens (tertiary/aromatic N) is 1. The van der Waals surface area contributed by atoms with Crippen LogP contribution in [0.1, 0.15) is 17.3 Å². The summed E-state index contributed by atoms with van der Waals surface area (Å²) < 4.78 is 1.45. The number of anilines is 1. The minimum absolute atomic E-state index is 0.294. The van der Waals surface area contributed by atoms with E-state index in [1.807, 2.05) is 0 Å². The van der Waals surface area contributed by atoms with Crippen LogP contribution in [0.15, 0.2) is 21.1 Å². The van der Waals surface area contributed by atoms with Crippen LogP contribution in [-0.2, 0) is 0 Å². The van der Waals surface area contributed by atoms with Crippen LogP contribution < -0.4 is 11.6 Å². The summed E-state index contributed by atoms with van der Waals surface area (Å²) in [5.74, 6) is 5.22. The SMILES string of the molecule is CCN(N)C(=O)c1cc(Br)cc(Br)c1N. The molecule has 0 fully saturated rings. The maximum absolute atomic E-state index is 11.8. The van der Waals surface area contributed by atoms with Crippen molar-refractivity contribution in [2.24, 2.45) is 5.84 Å². The molecular weight excluding hydrogens is 326 g/mol. The van der Waals surface area contributed by atoms with Crippen molar-refractivity contribution >= 4 is 43.5 Å². The van der Waals surface area contributed by atoms with Gasteiger partial charge in [-0.2, -0.15) is 0 Å². The highest BCUT2D eigenvalue weighted by atomic mass is 79.9. The molecule has 0 saturated heterocycles. The van der Waals surface area contributed by atoms with Crippen LogP contribution in [0, 0.1) is 0 Å². The third-order valence-electron chi connectivity index (χ3n) is 1.93. The molecule has 82 valence electrons. The van der Waals surface area contributed by atoms with Crippen molar-refractivity contribution in [3.63, 3.8) is 0 Å². The van der Waals surface area contributed by atoms with Crippen LogP contribution in [0.2, 0.25) is 0 Å². The summed E-state index contributed by atoms with van der Waals surface area (Å²) in [5.41, 5.74) is 6.56. The topological polar surface area (TPSA) is 72.3 Å². The number of nitrogen functional groups attached to an aromatic ring is 1. The summed E-state index contributed by atoms with van der Waals surface area (Å²) in [6, 6.07) is 3.43. The number of hydrogen-bond donors (Lipinski definition) is 2. The van der Waals surface area contributed by atoms with Crippen LogP contribution in [0.5, 0.6) is 0 Å². The molecule has 0 bridgehead atoms. The molecule has 0 radical (unpaired) electrons. The molecule has 1 rings (SSSR count). The van der Waals surface area contributed by atoms with Crippen molar-refractivity contribution in [3.8, 4) is 0 Å². The lowest BCUT2D eigenvalue weighted by atomic mass is 10.1. The average molecular weight is 337 g/mol. The zero-order chi connectivity index (χ0) is 11.6. The van der Waals surface area contributed by atoms with Gasteiger partial charge in [-0.3, -0.25) is 9.80 Å². The molecule has 0 spiro atoms. The minimum Gasteiger partial charge on any atom is -0.397 e. The second kappa shape index (κ2) is 4.96. The number of rotatable bonds is 2. The molecule has 0 heterocycles. The van der Waals surface area contributed by atoms with E-state index in [9.17, 15) is 4.79 Å². The molecule has 4 N–H and O–H groups in total. The first-order valence-electron chi connectivity index (χ1n) is 4.28. The highest BCUT2D eigenvalue weighted by molar-refractivity contribution is 9.11. The summed E-state index contributed by atoms with van der Waals surface area (Å²) in [6.07, 6.45) is 0. The standard InChI is InChI=1S/C9H11Br2N3O/c1-2-14(13)9(15)6-3-5(10)4-7(11)8(6)12/h3-4H,2,12-13H2,1H3. The lowest BCUT2D eigenvalue weighted by molar-refractivity contribution is 0.0765. The first-order chi connectivity index (χ1) is 6.97. The van der Waals surface area contributed by atoms with Gasteiger partial charge in [-0.25, -0.2) is 5.84 Å². The number of hydrazine groups is 1. The second-order valence-electron chi connectivity index (χ2n) is 2.94. The maximum Gasteiger partial charge on any atom is 0.269 e. The van der Waals surface area contributed by atoms with Gasteiger partial charge in [0.1, 0.15) is 0 Å². The van der Waals surface area contributed by atoms with E-state index in [2.05, 4.69) is 31.9 Å². The Bertz CT molecular complexity index is 395. The van der Waals surface area contributed by atoms with Gasteiger partial charge in [-0.1, -0.05) is 15.9 Å². The van der Waals surface area contributed by atoms with E-state index in [1.165, 1.54) is 0 Å². The van der Waals surface area contributed by atoms with E-state index in [1.54, 1.807) is 19.1 Å². The van der Waals surface area contributed by atoms with Crippen LogP contribution in [0.25, 0.3) is 0 Å². The Morgan fingerprint density at radius 2 is 2.07 bits per heavy atom. The van der Waals surface area contributed by atoms with Gasteiger partial charge in [0.15, 0.2) is 0 Å². The van der Waals surface area contributed by atoms with Crippen molar-refractivity contribution < 1.29 is 4.79 Å². The van der Waals surface area contributed by atoms with E-state index >= 15 is 0 Å². The van der Waals surface area contributed by atoms with Crippen molar-refractivity contribution in [2.45, 2.75) is 6.92 Å². The number of carbonyl (C=O) groups is 1. The monoisotopic (exact) mass is 335 g/mol. The van der Waals surface area contributed by atoms with Crippen LogP contribution in [-0.4, -0.2) is 17.5 Å². The maximum atomic E-state index is 11.8. The van der Waals surface area contributed by atoms with E-state index in [4.69, 9.17) is 11.6 Å². The molecule has 1 aromatic rings. The molecule has 1 aromatic carbocycles. The average Bonchev–Trinajstić information content (AvgIpc) is 2.21. The Balaban J connectivity index is 3.19. The lowest BCUT2D eigenvalue weighted by Gasteiger charge is -2.16. The second-order valence-corrected chi connectivity index (χ2v) is 4.71. The minimum atomic E-state index is -0.294. The number of halogens is 2.